The Balaban J connectivity index is 0. The second-order valence-corrected chi connectivity index (χ2v) is 0.454. The van der Waals surface area contributed by atoms with Gasteiger partial charge in [-0.3, -0.25) is 0 Å². The Hall–Kier alpha value is 0.0362. The standard InChI is InChI=1S/C2H4O3.Mg/c1-5-2(3)4;/h1H3,(H,3,4);/q;+2/p-1. The summed E-state index contributed by atoms with van der Waals surface area (Å²) >= 11 is 0. The predicted molar refractivity (Wildman–Crippen MR) is 18.2 cm³/mol. The van der Waals surface area contributed by atoms with Gasteiger partial charge in [0.05, 0.1) is 0 Å². The van der Waals surface area contributed by atoms with Crippen LogP contribution >= 0.6 is 0 Å². The molecule has 0 aromatic carbocycles. The van der Waals surface area contributed by atoms with Crippen molar-refractivity contribution in [3.63, 3.8) is 0 Å². The van der Waals surface area contributed by atoms with Gasteiger partial charge in [-0.25, -0.2) is 0 Å². The molecule has 0 atom stereocenters. The summed E-state index contributed by atoms with van der Waals surface area (Å²) in [5.41, 5.74) is 0. The van der Waals surface area contributed by atoms with Crippen molar-refractivity contribution in [1.82, 2.24) is 0 Å². The second-order valence-electron chi connectivity index (χ2n) is 0.454. The maximum Gasteiger partial charge on any atom is 2.00 e. The average molecular weight is 99.3 g/mol. The Bertz CT molecular complexity index is 44.1. The molecular weight excluding hydrogens is 96.3 g/mol. The van der Waals surface area contributed by atoms with Crippen LogP contribution in [0.1, 0.15) is 0 Å². The summed E-state index contributed by atoms with van der Waals surface area (Å²) in [6, 6.07) is 0. The number of carboxylic acid groups (broad SMARTS) is 1. The molecule has 0 aliphatic carbocycles. The molecule has 0 radical (unpaired) electrons. The van der Waals surface area contributed by atoms with Gasteiger partial charge in [0, 0.05) is 7.11 Å². The van der Waals surface area contributed by atoms with Gasteiger partial charge in [0.2, 0.25) is 0 Å². The smallest absolute Gasteiger partial charge is 0.553 e. The van der Waals surface area contributed by atoms with Gasteiger partial charge in [0.25, 0.3) is 6.16 Å². The minimum Gasteiger partial charge on any atom is -0.553 e. The van der Waals surface area contributed by atoms with Crippen LogP contribution in [0.25, 0.3) is 0 Å². The van der Waals surface area contributed by atoms with E-state index in [1.807, 2.05) is 0 Å². The van der Waals surface area contributed by atoms with E-state index >= 15 is 0 Å². The van der Waals surface area contributed by atoms with Crippen molar-refractivity contribution < 1.29 is 14.6 Å². The summed E-state index contributed by atoms with van der Waals surface area (Å²) in [5, 5.41) is 9.03. The van der Waals surface area contributed by atoms with E-state index in [9.17, 15) is 0 Å². The molecule has 0 unspecified atom stereocenters. The zero-order valence-electron chi connectivity index (χ0n) is 3.43. The first kappa shape index (κ1) is 9.40. The van der Waals surface area contributed by atoms with Gasteiger partial charge in [-0.2, -0.15) is 0 Å². The van der Waals surface area contributed by atoms with Crippen LogP contribution in [0.5, 0.6) is 0 Å². The van der Waals surface area contributed by atoms with Crippen LogP contribution < -0.4 is 5.11 Å². The largest absolute Gasteiger partial charge is 2.00 e. The van der Waals surface area contributed by atoms with E-state index in [0.717, 1.165) is 7.11 Å². The first-order chi connectivity index (χ1) is 2.27. The molecule has 0 spiro atoms. The summed E-state index contributed by atoms with van der Waals surface area (Å²) < 4.78 is 3.56. The van der Waals surface area contributed by atoms with Gasteiger partial charge in [-0.05, 0) is 0 Å². The van der Waals surface area contributed by atoms with Crippen molar-refractivity contribution in [3.05, 3.63) is 0 Å². The van der Waals surface area contributed by atoms with Gasteiger partial charge in [0.1, 0.15) is 0 Å². The number of hydrogen-bond donors (Lipinski definition) is 0. The molecule has 0 aromatic heterocycles. The molecule has 0 saturated carbocycles. The molecule has 0 heterocycles. The quantitative estimate of drug-likeness (QED) is 0.277. The number of methoxy groups -OCH3 is 1. The first-order valence-corrected chi connectivity index (χ1v) is 1.02. The third kappa shape index (κ3) is 8.97. The Morgan fingerprint density at radius 2 is 2.00 bits per heavy atom. The van der Waals surface area contributed by atoms with E-state index in [1.54, 1.807) is 0 Å². The van der Waals surface area contributed by atoms with Crippen LogP contribution in [-0.2, 0) is 4.74 Å². The molecule has 0 aromatic rings. The van der Waals surface area contributed by atoms with Crippen LogP contribution in [0, 0.1) is 0 Å². The number of hydrogen-bond acceptors (Lipinski definition) is 3. The molecule has 6 heavy (non-hydrogen) atoms. The van der Waals surface area contributed by atoms with Crippen LogP contribution in [0.4, 0.5) is 4.79 Å². The molecule has 0 fully saturated rings. The fourth-order valence-electron chi connectivity index (χ4n) is 0. The van der Waals surface area contributed by atoms with Gasteiger partial charge < -0.3 is 14.6 Å². The minimum absolute atomic E-state index is 0. The van der Waals surface area contributed by atoms with E-state index in [4.69, 9.17) is 9.90 Å². The maximum atomic E-state index is 9.03. The Labute approximate surface area is 51.4 Å². The van der Waals surface area contributed by atoms with E-state index in [0.29, 0.717) is 0 Å². The summed E-state index contributed by atoms with van der Waals surface area (Å²) in [4.78, 5) is 9.03. The van der Waals surface area contributed by atoms with Crippen molar-refractivity contribution in [2.45, 2.75) is 0 Å². The van der Waals surface area contributed by atoms with Gasteiger partial charge in [0.15, 0.2) is 0 Å². The summed E-state index contributed by atoms with van der Waals surface area (Å²) in [7, 11) is 1.04. The fraction of sp³-hybridized carbons (Fsp3) is 0.500. The molecule has 0 bridgehead atoms. The zero-order valence-corrected chi connectivity index (χ0v) is 4.85. The Kier molecular flexibility index (Phi) is 7.89. The van der Waals surface area contributed by atoms with Crippen molar-refractivity contribution >= 4 is 29.2 Å². The Morgan fingerprint density at radius 1 is 1.83 bits per heavy atom. The van der Waals surface area contributed by atoms with E-state index in [2.05, 4.69) is 4.74 Å². The summed E-state index contributed by atoms with van der Waals surface area (Å²) in [5.74, 6) is 0. The summed E-state index contributed by atoms with van der Waals surface area (Å²) in [6.45, 7) is 0. The number of carbonyl (C=O) groups is 1. The van der Waals surface area contributed by atoms with Gasteiger partial charge in [-0.15, -0.1) is 0 Å². The van der Waals surface area contributed by atoms with Crippen molar-refractivity contribution in [2.75, 3.05) is 7.11 Å². The average Bonchev–Trinajstić information content (AvgIpc) is 1.38. The second kappa shape index (κ2) is 5.04. The van der Waals surface area contributed by atoms with Gasteiger partial charge >= 0.3 is 23.1 Å². The number of carbonyl (C=O) groups excluding carboxylic acids is 1. The topological polar surface area (TPSA) is 49.4 Å². The molecule has 0 rings (SSSR count). The zero-order chi connectivity index (χ0) is 4.28. The normalized spacial score (nSPS) is 5.50. The molecule has 0 aliphatic rings. The van der Waals surface area contributed by atoms with Crippen LogP contribution in [0.2, 0.25) is 0 Å². The summed E-state index contributed by atoms with van der Waals surface area (Å²) in [6.07, 6.45) is -1.50. The molecule has 0 aliphatic heterocycles. The number of rotatable bonds is 0. The molecule has 30 valence electrons. The van der Waals surface area contributed by atoms with Gasteiger partial charge in [-0.1, -0.05) is 0 Å². The van der Waals surface area contributed by atoms with Crippen molar-refractivity contribution in [1.29, 1.82) is 0 Å². The van der Waals surface area contributed by atoms with Crippen LogP contribution in [0.15, 0.2) is 0 Å². The third-order valence-corrected chi connectivity index (χ3v) is 0.167. The molecule has 3 nitrogen and oxygen atoms in total. The molecule has 0 saturated heterocycles. The maximum absolute atomic E-state index is 9.03. The van der Waals surface area contributed by atoms with Crippen molar-refractivity contribution in [3.8, 4) is 0 Å². The Morgan fingerprint density at radius 3 is 2.00 bits per heavy atom. The third-order valence-electron chi connectivity index (χ3n) is 0.167. The molecular formula is C2H3MgO3+. The van der Waals surface area contributed by atoms with Crippen LogP contribution in [0.3, 0.4) is 0 Å². The minimum atomic E-state index is -1.50. The van der Waals surface area contributed by atoms with E-state index < -0.39 is 6.16 Å². The van der Waals surface area contributed by atoms with Crippen LogP contribution in [-0.4, -0.2) is 36.3 Å². The molecule has 0 amide bonds. The molecule has 4 heteroatoms. The number of ether oxygens (including phenoxy) is 1. The SMILES string of the molecule is COC(=O)[O-].[Mg+2]. The van der Waals surface area contributed by atoms with Crippen molar-refractivity contribution in [2.24, 2.45) is 0 Å². The monoisotopic (exact) mass is 99.0 g/mol. The predicted octanol–water partition coefficient (Wildman–Crippen LogP) is -1.40. The molecule has 0 N–H and O–H groups in total. The first-order valence-electron chi connectivity index (χ1n) is 1.02. The van der Waals surface area contributed by atoms with E-state index in [1.165, 1.54) is 0 Å². The van der Waals surface area contributed by atoms with E-state index in [-0.39, 0.29) is 23.1 Å². The fourth-order valence-corrected chi connectivity index (χ4v) is 0.